The first kappa shape index (κ1) is 70.0. The molecule has 0 bridgehead atoms. The first-order valence-electron chi connectivity index (χ1n) is 30.5. The van der Waals surface area contributed by atoms with Crippen LogP contribution in [-0.4, -0.2) is 87.4 Å². The van der Waals surface area contributed by atoms with Gasteiger partial charge < -0.3 is 28.5 Å². The molecule has 1 N–H and O–H groups in total. The molecule has 0 saturated heterocycles. The lowest BCUT2D eigenvalue weighted by Crippen LogP contribution is -2.40. The summed E-state index contributed by atoms with van der Waals surface area (Å²) < 4.78 is 22.7. The van der Waals surface area contributed by atoms with Crippen molar-refractivity contribution in [2.45, 2.75) is 283 Å². The maximum absolute atomic E-state index is 12.8. The summed E-state index contributed by atoms with van der Waals surface area (Å²) in [6.45, 7) is 4.73. The van der Waals surface area contributed by atoms with E-state index < -0.39 is 24.3 Å². The second kappa shape index (κ2) is 55.2. The van der Waals surface area contributed by atoms with E-state index in [-0.39, 0.29) is 32.2 Å². The Labute approximate surface area is 450 Å². The van der Waals surface area contributed by atoms with E-state index in [1.807, 2.05) is 21.1 Å². The van der Waals surface area contributed by atoms with Gasteiger partial charge in [-0.05, 0) is 57.8 Å². The van der Waals surface area contributed by atoms with Crippen LogP contribution < -0.4 is 0 Å². The van der Waals surface area contributed by atoms with Gasteiger partial charge in [0.25, 0.3) is 6.29 Å². The van der Waals surface area contributed by atoms with Gasteiger partial charge >= 0.3 is 17.9 Å². The molecule has 0 aromatic carbocycles. The average Bonchev–Trinajstić information content (AvgIpc) is 3.36. The summed E-state index contributed by atoms with van der Waals surface area (Å²) in [5, 5.41) is 9.64. The van der Waals surface area contributed by atoms with Crippen LogP contribution in [0.4, 0.5) is 0 Å². The summed E-state index contributed by atoms with van der Waals surface area (Å²) >= 11 is 0. The first-order chi connectivity index (χ1) is 35.6. The summed E-state index contributed by atoms with van der Waals surface area (Å²) in [7, 11) is 5.96. The molecule has 0 aromatic rings. The van der Waals surface area contributed by atoms with Crippen LogP contribution in [0.1, 0.15) is 271 Å². The molecule has 0 radical (unpaired) electrons. The van der Waals surface area contributed by atoms with Crippen LogP contribution in [0.25, 0.3) is 0 Å². The van der Waals surface area contributed by atoms with E-state index in [0.717, 1.165) is 70.6 Å². The summed E-state index contributed by atoms with van der Waals surface area (Å²) in [5.74, 6) is -2.00. The van der Waals surface area contributed by atoms with Crippen molar-refractivity contribution < 1.29 is 42.9 Å². The number of carbonyl (C=O) groups excluding carboxylic acids is 2. The number of likely N-dealkylation sites (N-methyl/N-ethyl adjacent to an activating group) is 1. The molecular formula is C64H116NO8+. The Kier molecular flexibility index (Phi) is 53.0. The number of esters is 2. The second-order valence-corrected chi connectivity index (χ2v) is 21.6. The zero-order chi connectivity index (χ0) is 53.4. The molecule has 0 rings (SSSR count). The predicted octanol–water partition coefficient (Wildman–Crippen LogP) is 18.0. The van der Waals surface area contributed by atoms with Crippen molar-refractivity contribution in [2.24, 2.45) is 0 Å². The molecule has 9 heteroatoms. The summed E-state index contributed by atoms with van der Waals surface area (Å²) in [4.78, 5) is 37.1. The molecule has 0 heterocycles. The molecule has 424 valence electrons. The minimum atomic E-state index is -1.50. The number of quaternary nitrogens is 1. The van der Waals surface area contributed by atoms with Crippen LogP contribution in [0.3, 0.4) is 0 Å². The molecular weight excluding hydrogens is 911 g/mol. The van der Waals surface area contributed by atoms with E-state index in [2.05, 4.69) is 74.6 Å². The van der Waals surface area contributed by atoms with Crippen molar-refractivity contribution in [1.29, 1.82) is 0 Å². The fraction of sp³-hybridized carbons (Fsp3) is 0.797. The molecule has 2 atom stereocenters. The van der Waals surface area contributed by atoms with E-state index in [1.54, 1.807) is 0 Å². The Bertz CT molecular complexity index is 1380. The molecule has 2 unspecified atom stereocenters. The predicted molar refractivity (Wildman–Crippen MR) is 309 cm³/mol. The molecule has 0 aliphatic carbocycles. The van der Waals surface area contributed by atoms with E-state index in [4.69, 9.17) is 18.9 Å². The number of rotatable bonds is 56. The maximum Gasteiger partial charge on any atom is 0.361 e. The molecule has 0 aromatic heterocycles. The van der Waals surface area contributed by atoms with Crippen molar-refractivity contribution in [1.82, 2.24) is 0 Å². The molecule has 0 fully saturated rings. The summed E-state index contributed by atoms with van der Waals surface area (Å²) in [6, 6.07) is 0. The number of hydrogen-bond donors (Lipinski definition) is 1. The molecule has 0 amide bonds. The van der Waals surface area contributed by atoms with Crippen LogP contribution in [0.5, 0.6) is 0 Å². The number of nitrogens with zero attached hydrogens (tertiary/aromatic N) is 1. The lowest BCUT2D eigenvalue weighted by Gasteiger charge is -2.25. The van der Waals surface area contributed by atoms with Gasteiger partial charge in [-0.2, -0.15) is 0 Å². The smallest absolute Gasteiger partial charge is 0.361 e. The van der Waals surface area contributed by atoms with Gasteiger partial charge in [0, 0.05) is 12.8 Å². The van der Waals surface area contributed by atoms with Gasteiger partial charge in [0.1, 0.15) is 13.2 Å². The van der Waals surface area contributed by atoms with Crippen molar-refractivity contribution in [3.8, 4) is 0 Å². The van der Waals surface area contributed by atoms with E-state index in [1.165, 1.54) is 173 Å². The highest BCUT2D eigenvalue weighted by Gasteiger charge is 2.25. The van der Waals surface area contributed by atoms with Crippen LogP contribution in [0.2, 0.25) is 0 Å². The number of allylic oxidation sites excluding steroid dienone is 10. The fourth-order valence-corrected chi connectivity index (χ4v) is 8.63. The van der Waals surface area contributed by atoms with Crippen LogP contribution in [0.15, 0.2) is 60.8 Å². The van der Waals surface area contributed by atoms with Crippen molar-refractivity contribution in [3.63, 3.8) is 0 Å². The normalized spacial score (nSPS) is 13.2. The monoisotopic (exact) mass is 1030 g/mol. The van der Waals surface area contributed by atoms with Gasteiger partial charge in [-0.15, -0.1) is 0 Å². The van der Waals surface area contributed by atoms with Gasteiger partial charge in [-0.1, -0.05) is 261 Å². The topological polar surface area (TPSA) is 108 Å². The average molecular weight is 1030 g/mol. The fourth-order valence-electron chi connectivity index (χ4n) is 8.63. The maximum atomic E-state index is 12.8. The van der Waals surface area contributed by atoms with Gasteiger partial charge in [-0.3, -0.25) is 9.59 Å². The zero-order valence-electron chi connectivity index (χ0n) is 48.3. The van der Waals surface area contributed by atoms with Crippen molar-refractivity contribution in [3.05, 3.63) is 60.8 Å². The quantitative estimate of drug-likeness (QED) is 0.0211. The third-order valence-electron chi connectivity index (χ3n) is 13.3. The summed E-state index contributed by atoms with van der Waals surface area (Å²) in [5.41, 5.74) is 0. The molecule has 0 aliphatic heterocycles. The summed E-state index contributed by atoms with van der Waals surface area (Å²) in [6.07, 6.45) is 68.0. The molecule has 0 aliphatic rings. The van der Waals surface area contributed by atoms with Gasteiger partial charge in [-0.25, -0.2) is 4.79 Å². The molecule has 73 heavy (non-hydrogen) atoms. The van der Waals surface area contributed by atoms with Gasteiger partial charge in [0.15, 0.2) is 6.10 Å². The SMILES string of the molecule is CC/C=C\C/C=C\C/C=C\C/C=C\C/C=C\CCCCCCCCCCCCCCCCCCCCCCCCCCCC(=O)OC(COC(=O)CCCCCCCCC)COC(OCC[N+](C)(C)C)C(=O)O. The molecule has 0 spiro atoms. The van der Waals surface area contributed by atoms with Crippen molar-refractivity contribution in [2.75, 3.05) is 47.5 Å². The standard InChI is InChI=1S/C64H115NO8/c1-6-8-10-12-14-15-16-17-18-19-20-21-22-23-24-25-26-27-28-29-30-31-32-33-34-35-36-37-38-39-40-41-42-43-44-45-46-47-49-51-53-55-62(67)73-60(58-71-61(66)54-52-50-48-13-11-9-7-2)59-72-64(63(68)69)70-57-56-65(3,4)5/h8,10,14-15,17-18,20-21,23-24,60,64H,6-7,9,11-13,16,19,22,25-59H2,1-5H3/p+1/b10-8-,15-14-,18-17-,21-20-,24-23-. The number of carboxylic acid groups (broad SMARTS) is 1. The zero-order valence-corrected chi connectivity index (χ0v) is 48.3. The molecule has 0 saturated carbocycles. The number of hydrogen-bond acceptors (Lipinski definition) is 7. The Balaban J connectivity index is 3.81. The highest BCUT2D eigenvalue weighted by atomic mass is 16.7. The Hall–Kier alpha value is -3.01. The van der Waals surface area contributed by atoms with Crippen LogP contribution in [0, 0.1) is 0 Å². The minimum Gasteiger partial charge on any atom is -0.477 e. The first-order valence-corrected chi connectivity index (χ1v) is 30.5. The minimum absolute atomic E-state index is 0.178. The highest BCUT2D eigenvalue weighted by Crippen LogP contribution is 2.17. The van der Waals surface area contributed by atoms with Crippen LogP contribution >= 0.6 is 0 Å². The van der Waals surface area contributed by atoms with Crippen molar-refractivity contribution >= 4 is 17.9 Å². The van der Waals surface area contributed by atoms with E-state index in [0.29, 0.717) is 17.4 Å². The molecule has 9 nitrogen and oxygen atoms in total. The third-order valence-corrected chi connectivity index (χ3v) is 13.3. The van der Waals surface area contributed by atoms with E-state index in [9.17, 15) is 19.5 Å². The Morgan fingerprint density at radius 2 is 0.781 bits per heavy atom. The Morgan fingerprint density at radius 1 is 0.425 bits per heavy atom. The lowest BCUT2D eigenvalue weighted by molar-refractivity contribution is -0.870. The lowest BCUT2D eigenvalue weighted by atomic mass is 10.0. The van der Waals surface area contributed by atoms with Gasteiger partial charge in [0.05, 0.1) is 34.4 Å². The van der Waals surface area contributed by atoms with Crippen LogP contribution in [-0.2, 0) is 33.3 Å². The highest BCUT2D eigenvalue weighted by molar-refractivity contribution is 5.71. The number of carbonyl (C=O) groups is 3. The second-order valence-electron chi connectivity index (χ2n) is 21.6. The van der Waals surface area contributed by atoms with Gasteiger partial charge in [0.2, 0.25) is 0 Å². The number of aliphatic carboxylic acids is 1. The number of carboxylic acids is 1. The van der Waals surface area contributed by atoms with E-state index >= 15 is 0 Å². The number of ether oxygens (including phenoxy) is 4. The largest absolute Gasteiger partial charge is 0.477 e. The third kappa shape index (κ3) is 56.6. The number of unbranched alkanes of at least 4 members (excludes halogenated alkanes) is 31. The Morgan fingerprint density at radius 3 is 1.16 bits per heavy atom.